The molecule has 2 heteroatoms. The van der Waals surface area contributed by atoms with Crippen molar-refractivity contribution in [2.24, 2.45) is 0 Å². The van der Waals surface area contributed by atoms with E-state index in [2.05, 4.69) is 16.8 Å². The number of nitrogens with zero attached hydrogens (tertiary/aromatic N) is 1. The Labute approximate surface area is 65.1 Å². The van der Waals surface area contributed by atoms with E-state index >= 15 is 0 Å². The second-order valence-electron chi connectivity index (χ2n) is 2.59. The lowest BCUT2D eigenvalue weighted by molar-refractivity contribution is 0.727. The van der Waals surface area contributed by atoms with Crippen molar-refractivity contribution in [2.75, 3.05) is 6.54 Å². The van der Waals surface area contributed by atoms with Gasteiger partial charge in [0.05, 0.1) is 0 Å². The van der Waals surface area contributed by atoms with Crippen molar-refractivity contribution in [3.05, 3.63) is 17.0 Å². The lowest BCUT2D eigenvalue weighted by atomic mass is 10.2. The Kier molecular flexibility index (Phi) is 1.63. The Morgan fingerprint density at radius 2 is 2.40 bits per heavy atom. The van der Waals surface area contributed by atoms with E-state index in [1.807, 2.05) is 0 Å². The Morgan fingerprint density at radius 3 is 3.40 bits per heavy atom. The van der Waals surface area contributed by atoms with Gasteiger partial charge in [-0.2, -0.15) is 0 Å². The van der Waals surface area contributed by atoms with Gasteiger partial charge in [-0.25, -0.2) is 0 Å². The van der Waals surface area contributed by atoms with Crippen LogP contribution >= 0.6 is 11.3 Å². The Hall–Kier alpha value is -0.500. The highest BCUT2D eigenvalue weighted by atomic mass is 32.1. The van der Waals surface area contributed by atoms with E-state index in [4.69, 9.17) is 0 Å². The molecule has 0 bridgehead atoms. The first-order valence-corrected chi connectivity index (χ1v) is 4.58. The minimum atomic E-state index is 1.04. The van der Waals surface area contributed by atoms with Gasteiger partial charge in [-0.15, -0.1) is 11.3 Å². The fourth-order valence-electron chi connectivity index (χ4n) is 1.26. The molecule has 2 rings (SSSR count). The van der Waals surface area contributed by atoms with Crippen LogP contribution in [0.3, 0.4) is 0 Å². The lowest BCUT2D eigenvalue weighted by Gasteiger charge is -1.93. The molecule has 1 aliphatic rings. The quantitative estimate of drug-likeness (QED) is 0.541. The molecule has 0 N–H and O–H groups in total. The molecule has 0 aliphatic carbocycles. The fraction of sp³-hybridized carbons (Fsp3) is 0.500. The first kappa shape index (κ1) is 6.23. The molecule has 53 valence electrons. The zero-order valence-electron chi connectivity index (χ0n) is 5.84. The van der Waals surface area contributed by atoms with E-state index in [0.717, 1.165) is 6.54 Å². The van der Waals surface area contributed by atoms with Crippen LogP contribution in [0, 0.1) is 0 Å². The predicted octanol–water partition coefficient (Wildman–Crippen LogP) is 2.32. The molecule has 0 unspecified atom stereocenters. The minimum absolute atomic E-state index is 1.04. The van der Waals surface area contributed by atoms with Crippen LogP contribution in [0.15, 0.2) is 11.4 Å². The third-order valence-corrected chi connectivity index (χ3v) is 2.72. The van der Waals surface area contributed by atoms with Gasteiger partial charge in [0, 0.05) is 6.54 Å². The molecule has 0 fully saturated rings. The molecule has 0 saturated heterocycles. The molecule has 0 amide bonds. The van der Waals surface area contributed by atoms with Gasteiger partial charge in [0.2, 0.25) is 0 Å². The van der Waals surface area contributed by atoms with Crippen molar-refractivity contribution >= 4 is 16.3 Å². The van der Waals surface area contributed by atoms with E-state index in [1.54, 1.807) is 11.3 Å². The summed E-state index contributed by atoms with van der Waals surface area (Å²) in [6.45, 7) is 1.04. The van der Waals surface area contributed by atoms with Crippen LogP contribution in [0.1, 0.15) is 18.4 Å². The van der Waals surface area contributed by atoms with Crippen LogP contribution < -0.4 is 5.32 Å². The topological polar surface area (TPSA) is 14.1 Å². The summed E-state index contributed by atoms with van der Waals surface area (Å²) in [6.07, 6.45) is 3.82. The van der Waals surface area contributed by atoms with Crippen LogP contribution in [0.25, 0.3) is 0 Å². The molecular formula is C8H10NS. The Morgan fingerprint density at radius 1 is 1.40 bits per heavy atom. The summed E-state index contributed by atoms with van der Waals surface area (Å²) in [4.78, 5) is 0. The van der Waals surface area contributed by atoms with E-state index in [1.165, 1.54) is 29.8 Å². The summed E-state index contributed by atoms with van der Waals surface area (Å²) in [5.41, 5.74) is 1.46. The highest BCUT2D eigenvalue weighted by molar-refractivity contribution is 7.13. The third kappa shape index (κ3) is 1.03. The molecule has 0 spiro atoms. The monoisotopic (exact) mass is 152 g/mol. The molecule has 1 aromatic heterocycles. The molecule has 0 saturated carbocycles. The molecule has 0 atom stereocenters. The van der Waals surface area contributed by atoms with Gasteiger partial charge in [0.25, 0.3) is 0 Å². The van der Waals surface area contributed by atoms with Crippen LogP contribution in [-0.4, -0.2) is 6.54 Å². The normalized spacial score (nSPS) is 17.2. The number of aryl methyl sites for hydroxylation is 1. The van der Waals surface area contributed by atoms with E-state index in [-0.39, 0.29) is 0 Å². The van der Waals surface area contributed by atoms with Crippen LogP contribution in [0.2, 0.25) is 0 Å². The molecule has 1 aromatic rings. The summed E-state index contributed by atoms with van der Waals surface area (Å²) in [6, 6.07) is 2.20. The van der Waals surface area contributed by atoms with Gasteiger partial charge >= 0.3 is 0 Å². The summed E-state index contributed by atoms with van der Waals surface area (Å²) in [7, 11) is 0. The van der Waals surface area contributed by atoms with Gasteiger partial charge in [0.1, 0.15) is 5.00 Å². The lowest BCUT2D eigenvalue weighted by Crippen LogP contribution is -1.94. The number of hydrogen-bond donors (Lipinski definition) is 0. The van der Waals surface area contributed by atoms with Gasteiger partial charge < -0.3 is 0 Å². The highest BCUT2D eigenvalue weighted by Crippen LogP contribution is 2.26. The number of thiophene rings is 1. The van der Waals surface area contributed by atoms with Crippen molar-refractivity contribution in [3.63, 3.8) is 0 Å². The first-order chi connectivity index (χ1) is 4.97. The van der Waals surface area contributed by atoms with Crippen molar-refractivity contribution in [1.29, 1.82) is 0 Å². The maximum Gasteiger partial charge on any atom is 0.113 e. The summed E-state index contributed by atoms with van der Waals surface area (Å²) < 4.78 is 0. The van der Waals surface area contributed by atoms with Gasteiger partial charge in [-0.3, -0.25) is 5.32 Å². The van der Waals surface area contributed by atoms with Gasteiger partial charge in [-0.1, -0.05) is 0 Å². The second kappa shape index (κ2) is 2.62. The molecule has 1 radical (unpaired) electrons. The van der Waals surface area contributed by atoms with Crippen molar-refractivity contribution in [2.45, 2.75) is 19.3 Å². The standard InChI is InChI=1S/C8H10NS/c1-2-5-9-8-7(3-1)4-6-10-8/h4,6H,1-3,5H2. The average Bonchev–Trinajstić information content (AvgIpc) is 2.28. The molecule has 0 aromatic carbocycles. The van der Waals surface area contributed by atoms with Crippen LogP contribution in [0.4, 0.5) is 5.00 Å². The molecular weight excluding hydrogens is 142 g/mol. The maximum absolute atomic E-state index is 4.47. The van der Waals surface area contributed by atoms with Crippen LogP contribution in [-0.2, 0) is 6.42 Å². The van der Waals surface area contributed by atoms with E-state index in [9.17, 15) is 0 Å². The number of rotatable bonds is 0. The van der Waals surface area contributed by atoms with Gasteiger partial charge in [-0.05, 0) is 36.3 Å². The largest absolute Gasteiger partial charge is 0.274 e. The smallest absolute Gasteiger partial charge is 0.113 e. The van der Waals surface area contributed by atoms with Gasteiger partial charge in [0.15, 0.2) is 0 Å². The molecule has 1 aliphatic heterocycles. The van der Waals surface area contributed by atoms with Crippen molar-refractivity contribution in [3.8, 4) is 0 Å². The number of fused-ring (bicyclic) bond motifs is 1. The molecule has 10 heavy (non-hydrogen) atoms. The maximum atomic E-state index is 4.47. The average molecular weight is 152 g/mol. The summed E-state index contributed by atoms with van der Waals surface area (Å²) >= 11 is 1.77. The third-order valence-electron chi connectivity index (χ3n) is 1.83. The Bertz CT molecular complexity index is 196. The van der Waals surface area contributed by atoms with Crippen molar-refractivity contribution in [1.82, 2.24) is 5.32 Å². The summed E-state index contributed by atoms with van der Waals surface area (Å²) in [5.74, 6) is 0. The molecule has 1 nitrogen and oxygen atoms in total. The van der Waals surface area contributed by atoms with E-state index in [0.29, 0.717) is 0 Å². The second-order valence-corrected chi connectivity index (χ2v) is 3.48. The SMILES string of the molecule is c1cc2c(s1)[N]CCCC2. The number of hydrogen-bond acceptors (Lipinski definition) is 1. The first-order valence-electron chi connectivity index (χ1n) is 3.71. The summed E-state index contributed by atoms with van der Waals surface area (Å²) in [5, 5.41) is 7.88. The van der Waals surface area contributed by atoms with E-state index < -0.39 is 0 Å². The molecule has 2 heterocycles. The van der Waals surface area contributed by atoms with Crippen molar-refractivity contribution < 1.29 is 0 Å². The van der Waals surface area contributed by atoms with Crippen LogP contribution in [0.5, 0.6) is 0 Å². The minimum Gasteiger partial charge on any atom is -0.274 e. The zero-order chi connectivity index (χ0) is 6.81. The fourth-order valence-corrected chi connectivity index (χ4v) is 2.11. The highest BCUT2D eigenvalue weighted by Gasteiger charge is 2.07. The Balaban J connectivity index is 2.28. The zero-order valence-corrected chi connectivity index (χ0v) is 6.66. The predicted molar refractivity (Wildman–Crippen MR) is 43.9 cm³/mol.